The van der Waals surface area contributed by atoms with E-state index in [9.17, 15) is 13.2 Å². The van der Waals surface area contributed by atoms with Gasteiger partial charge in [-0.1, -0.05) is 12.1 Å². The van der Waals surface area contributed by atoms with Crippen molar-refractivity contribution in [1.82, 2.24) is 4.72 Å². The third-order valence-corrected chi connectivity index (χ3v) is 6.33. The third kappa shape index (κ3) is 4.72. The molecule has 0 amide bonds. The molecule has 0 aliphatic carbocycles. The summed E-state index contributed by atoms with van der Waals surface area (Å²) in [4.78, 5) is 10.9. The van der Waals surface area contributed by atoms with E-state index >= 15 is 0 Å². The number of aromatic carboxylic acids is 1. The number of thioether (sulfide) groups is 1. The summed E-state index contributed by atoms with van der Waals surface area (Å²) in [5.41, 5.74) is 0.577. The van der Waals surface area contributed by atoms with E-state index in [2.05, 4.69) is 11.6 Å². The number of carboxylic acids is 1. The summed E-state index contributed by atoms with van der Waals surface area (Å²) in [6.45, 7) is 2.48. The van der Waals surface area contributed by atoms with Crippen LogP contribution in [0.4, 0.5) is 0 Å². The second kappa shape index (κ2) is 6.37. The number of sulfonamides is 1. The van der Waals surface area contributed by atoms with Crippen LogP contribution in [0.25, 0.3) is 0 Å². The van der Waals surface area contributed by atoms with Crippen molar-refractivity contribution >= 4 is 27.8 Å². The molecule has 116 valence electrons. The average Bonchev–Trinajstić information content (AvgIpc) is 2.84. The smallest absolute Gasteiger partial charge is 0.335 e. The van der Waals surface area contributed by atoms with Crippen molar-refractivity contribution in [2.24, 2.45) is 0 Å². The molecule has 1 saturated heterocycles. The molecule has 2 N–H and O–H groups in total. The summed E-state index contributed by atoms with van der Waals surface area (Å²) >= 11 is 1.79. The van der Waals surface area contributed by atoms with Gasteiger partial charge in [0.25, 0.3) is 0 Å². The van der Waals surface area contributed by atoms with Gasteiger partial charge in [-0.25, -0.2) is 17.9 Å². The minimum Gasteiger partial charge on any atom is -0.478 e. The SMILES string of the molecule is CC1(CNS(=O)(=O)Cc2cccc(C(=O)O)c2)CCCS1. The Bertz CT molecular complexity index is 622. The van der Waals surface area contributed by atoms with Gasteiger partial charge in [-0.3, -0.25) is 0 Å². The van der Waals surface area contributed by atoms with E-state index in [1.807, 2.05) is 0 Å². The van der Waals surface area contributed by atoms with Crippen molar-refractivity contribution in [2.45, 2.75) is 30.3 Å². The molecule has 1 aromatic rings. The fourth-order valence-corrected chi connectivity index (χ4v) is 4.90. The average molecular weight is 329 g/mol. The first-order valence-corrected chi connectivity index (χ1v) is 9.37. The fraction of sp³-hybridized carbons (Fsp3) is 0.500. The van der Waals surface area contributed by atoms with Crippen LogP contribution in [0, 0.1) is 0 Å². The predicted octanol–water partition coefficient (Wildman–Crippen LogP) is 2.09. The van der Waals surface area contributed by atoms with Crippen LogP contribution in [-0.4, -0.2) is 36.5 Å². The summed E-state index contributed by atoms with van der Waals surface area (Å²) in [6.07, 6.45) is 2.12. The molecule has 1 aliphatic heterocycles. The molecule has 1 aromatic carbocycles. The number of carbonyl (C=O) groups is 1. The summed E-state index contributed by atoms with van der Waals surface area (Å²) < 4.78 is 26.8. The Morgan fingerprint density at radius 3 is 2.86 bits per heavy atom. The van der Waals surface area contributed by atoms with E-state index in [0.717, 1.165) is 18.6 Å². The highest BCUT2D eigenvalue weighted by Gasteiger charge is 2.30. The van der Waals surface area contributed by atoms with E-state index in [0.29, 0.717) is 12.1 Å². The lowest BCUT2D eigenvalue weighted by Gasteiger charge is -2.22. The first-order valence-electron chi connectivity index (χ1n) is 6.73. The Kier molecular flexibility index (Phi) is 4.95. The van der Waals surface area contributed by atoms with E-state index in [1.165, 1.54) is 12.1 Å². The molecule has 21 heavy (non-hydrogen) atoms. The Balaban J connectivity index is 2.00. The van der Waals surface area contributed by atoms with Crippen LogP contribution in [0.1, 0.15) is 35.7 Å². The maximum atomic E-state index is 12.1. The number of carboxylic acid groups (broad SMARTS) is 1. The van der Waals surface area contributed by atoms with Gasteiger partial charge in [0, 0.05) is 11.3 Å². The van der Waals surface area contributed by atoms with Crippen molar-refractivity contribution in [2.75, 3.05) is 12.3 Å². The molecule has 2 rings (SSSR count). The van der Waals surface area contributed by atoms with Crippen LogP contribution in [0.3, 0.4) is 0 Å². The van der Waals surface area contributed by atoms with Crippen LogP contribution >= 0.6 is 11.8 Å². The number of hydrogen-bond donors (Lipinski definition) is 2. The number of hydrogen-bond acceptors (Lipinski definition) is 4. The van der Waals surface area contributed by atoms with Gasteiger partial charge in [0.15, 0.2) is 0 Å². The highest BCUT2D eigenvalue weighted by Crippen LogP contribution is 2.37. The first kappa shape index (κ1) is 16.3. The number of benzene rings is 1. The minimum atomic E-state index is -3.46. The molecular weight excluding hydrogens is 310 g/mol. The van der Waals surface area contributed by atoms with Crippen molar-refractivity contribution in [3.63, 3.8) is 0 Å². The van der Waals surface area contributed by atoms with Crippen LogP contribution in [-0.2, 0) is 15.8 Å². The van der Waals surface area contributed by atoms with Crippen molar-refractivity contribution in [3.05, 3.63) is 35.4 Å². The van der Waals surface area contributed by atoms with Gasteiger partial charge in [-0.15, -0.1) is 0 Å². The second-order valence-electron chi connectivity index (χ2n) is 5.49. The monoisotopic (exact) mass is 329 g/mol. The molecule has 5 nitrogen and oxygen atoms in total. The van der Waals surface area contributed by atoms with E-state index < -0.39 is 16.0 Å². The second-order valence-corrected chi connectivity index (χ2v) is 8.98. The fourth-order valence-electron chi connectivity index (χ4n) is 2.30. The zero-order valence-corrected chi connectivity index (χ0v) is 13.5. The van der Waals surface area contributed by atoms with Gasteiger partial charge in [0.2, 0.25) is 10.0 Å². The Hall–Kier alpha value is -1.05. The summed E-state index contributed by atoms with van der Waals surface area (Å²) in [7, 11) is -3.46. The molecule has 0 spiro atoms. The summed E-state index contributed by atoms with van der Waals surface area (Å²) in [5, 5.41) is 8.92. The maximum absolute atomic E-state index is 12.1. The van der Waals surface area contributed by atoms with Gasteiger partial charge in [0.05, 0.1) is 11.3 Å². The molecule has 1 atom stereocenters. The van der Waals surface area contributed by atoms with Gasteiger partial charge in [-0.05, 0) is 43.2 Å². The van der Waals surface area contributed by atoms with Gasteiger partial charge >= 0.3 is 5.97 Å². The molecular formula is C14H19NO4S2. The maximum Gasteiger partial charge on any atom is 0.335 e. The Morgan fingerprint density at radius 2 is 2.24 bits per heavy atom. The lowest BCUT2D eigenvalue weighted by atomic mass is 10.1. The highest BCUT2D eigenvalue weighted by molar-refractivity contribution is 8.01. The summed E-state index contributed by atoms with van der Waals surface area (Å²) in [6, 6.07) is 6.02. The standard InChI is InChI=1S/C14H19NO4S2/c1-14(6-3-7-20-14)10-15-21(18,19)9-11-4-2-5-12(8-11)13(16)17/h2,4-5,8,15H,3,6-7,9-10H2,1H3,(H,16,17). The van der Waals surface area contributed by atoms with E-state index in [1.54, 1.807) is 23.9 Å². The van der Waals surface area contributed by atoms with Gasteiger partial charge in [-0.2, -0.15) is 11.8 Å². The molecule has 1 fully saturated rings. The molecule has 1 aliphatic rings. The largest absolute Gasteiger partial charge is 0.478 e. The van der Waals surface area contributed by atoms with Crippen LogP contribution in [0.5, 0.6) is 0 Å². The zero-order chi connectivity index (χ0) is 15.5. The number of nitrogens with one attached hydrogen (secondary N) is 1. The minimum absolute atomic E-state index is 0.0318. The van der Waals surface area contributed by atoms with Crippen LogP contribution < -0.4 is 4.72 Å². The molecule has 0 saturated carbocycles. The first-order chi connectivity index (χ1) is 9.80. The quantitative estimate of drug-likeness (QED) is 0.835. The predicted molar refractivity (Wildman–Crippen MR) is 84.1 cm³/mol. The lowest BCUT2D eigenvalue weighted by Crippen LogP contribution is -2.37. The molecule has 7 heteroatoms. The lowest BCUT2D eigenvalue weighted by molar-refractivity contribution is 0.0696. The Labute approximate surface area is 129 Å². The molecule has 1 unspecified atom stereocenters. The topological polar surface area (TPSA) is 83.5 Å². The molecule has 1 heterocycles. The van der Waals surface area contributed by atoms with E-state index in [4.69, 9.17) is 5.11 Å². The third-order valence-electron chi connectivity index (χ3n) is 3.50. The Morgan fingerprint density at radius 1 is 1.48 bits per heavy atom. The molecule has 0 radical (unpaired) electrons. The summed E-state index contributed by atoms with van der Waals surface area (Å²) in [5.74, 6) is -0.189. The van der Waals surface area contributed by atoms with Crippen molar-refractivity contribution in [1.29, 1.82) is 0 Å². The normalized spacial score (nSPS) is 22.3. The van der Waals surface area contributed by atoms with Crippen LogP contribution in [0.2, 0.25) is 0 Å². The van der Waals surface area contributed by atoms with Crippen LogP contribution in [0.15, 0.2) is 24.3 Å². The highest BCUT2D eigenvalue weighted by atomic mass is 32.2. The van der Waals surface area contributed by atoms with Gasteiger partial charge in [0.1, 0.15) is 0 Å². The molecule has 0 bridgehead atoms. The zero-order valence-electron chi connectivity index (χ0n) is 11.8. The molecule has 0 aromatic heterocycles. The van der Waals surface area contributed by atoms with E-state index in [-0.39, 0.29) is 16.1 Å². The van der Waals surface area contributed by atoms with Crippen molar-refractivity contribution < 1.29 is 18.3 Å². The van der Waals surface area contributed by atoms with Crippen molar-refractivity contribution in [3.8, 4) is 0 Å². The number of rotatable bonds is 6. The van der Waals surface area contributed by atoms with Gasteiger partial charge < -0.3 is 5.11 Å².